The summed E-state index contributed by atoms with van der Waals surface area (Å²) in [4.78, 5) is 28.1. The molecule has 1 N–H and O–H groups in total. The number of sulfonamides is 1. The first-order valence-electron chi connectivity index (χ1n) is 11.7. The Labute approximate surface area is 227 Å². The first-order valence-corrected chi connectivity index (χ1v) is 14.7. The molecule has 1 fully saturated rings. The highest BCUT2D eigenvalue weighted by Crippen LogP contribution is 2.30. The molecule has 1 unspecified atom stereocenters. The van der Waals surface area contributed by atoms with Gasteiger partial charge in [0.2, 0.25) is 21.8 Å². The average Bonchev–Trinajstić information content (AvgIpc) is 2.81. The van der Waals surface area contributed by atoms with E-state index >= 15 is 0 Å². The Balaban J connectivity index is 1.89. The molecular weight excluding hydrogens is 545 g/mol. The van der Waals surface area contributed by atoms with Crippen LogP contribution in [-0.4, -0.2) is 50.0 Å². The van der Waals surface area contributed by atoms with E-state index in [0.717, 1.165) is 42.7 Å². The van der Waals surface area contributed by atoms with Gasteiger partial charge in [0.15, 0.2) is 0 Å². The van der Waals surface area contributed by atoms with Gasteiger partial charge in [0.25, 0.3) is 0 Å². The van der Waals surface area contributed by atoms with Gasteiger partial charge >= 0.3 is 0 Å². The van der Waals surface area contributed by atoms with E-state index in [1.54, 1.807) is 31.2 Å². The van der Waals surface area contributed by atoms with E-state index in [1.165, 1.54) is 23.1 Å². The lowest BCUT2D eigenvalue weighted by atomic mass is 9.95. The van der Waals surface area contributed by atoms with Crippen LogP contribution in [0.4, 0.5) is 5.69 Å². The lowest BCUT2D eigenvalue weighted by Crippen LogP contribution is -2.53. The van der Waals surface area contributed by atoms with Crippen LogP contribution >= 0.6 is 34.8 Å². The van der Waals surface area contributed by atoms with Gasteiger partial charge in [-0.2, -0.15) is 0 Å². The SMILES string of the molecule is CC(C(=O)NC1CCCCC1)N(Cc1cccc(Cl)c1)C(=O)CN(c1ccc(Cl)cc1Cl)S(C)(=O)=O. The van der Waals surface area contributed by atoms with Crippen molar-refractivity contribution >= 4 is 62.3 Å². The Kier molecular flexibility index (Phi) is 9.92. The highest BCUT2D eigenvalue weighted by Gasteiger charge is 2.31. The quantitative estimate of drug-likeness (QED) is 0.442. The van der Waals surface area contributed by atoms with Crippen molar-refractivity contribution in [1.82, 2.24) is 10.2 Å². The molecule has 1 saturated carbocycles. The van der Waals surface area contributed by atoms with E-state index < -0.39 is 28.5 Å². The number of nitrogens with one attached hydrogen (secondary N) is 1. The molecule has 0 saturated heterocycles. The number of nitrogens with zero attached hydrogens (tertiary/aromatic N) is 2. The normalized spacial score (nSPS) is 15.2. The van der Waals surface area contributed by atoms with Crippen LogP contribution in [-0.2, 0) is 26.2 Å². The van der Waals surface area contributed by atoms with Crippen LogP contribution < -0.4 is 9.62 Å². The van der Waals surface area contributed by atoms with Gasteiger partial charge in [-0.15, -0.1) is 0 Å². The summed E-state index contributed by atoms with van der Waals surface area (Å²) in [6.45, 7) is 1.17. The largest absolute Gasteiger partial charge is 0.352 e. The van der Waals surface area contributed by atoms with Crippen molar-refractivity contribution < 1.29 is 18.0 Å². The highest BCUT2D eigenvalue weighted by molar-refractivity contribution is 7.92. The molecule has 0 aromatic heterocycles. The molecule has 1 atom stereocenters. The molecule has 2 amide bonds. The highest BCUT2D eigenvalue weighted by atomic mass is 35.5. The predicted octanol–water partition coefficient (Wildman–Crippen LogP) is 5.28. The van der Waals surface area contributed by atoms with E-state index in [1.807, 2.05) is 0 Å². The Hall–Kier alpha value is -2.00. The zero-order chi connectivity index (χ0) is 26.5. The lowest BCUT2D eigenvalue weighted by Gasteiger charge is -2.33. The van der Waals surface area contributed by atoms with Crippen LogP contribution in [0, 0.1) is 0 Å². The summed E-state index contributed by atoms with van der Waals surface area (Å²) >= 11 is 18.4. The summed E-state index contributed by atoms with van der Waals surface area (Å²) in [5.41, 5.74) is 0.836. The number of benzene rings is 2. The van der Waals surface area contributed by atoms with Crippen LogP contribution in [0.25, 0.3) is 0 Å². The molecule has 11 heteroatoms. The number of hydrogen-bond acceptors (Lipinski definition) is 4. The molecule has 0 bridgehead atoms. The molecule has 0 spiro atoms. The third-order valence-electron chi connectivity index (χ3n) is 6.22. The minimum atomic E-state index is -3.89. The minimum Gasteiger partial charge on any atom is -0.352 e. The predicted molar refractivity (Wildman–Crippen MR) is 145 cm³/mol. The zero-order valence-corrected chi connectivity index (χ0v) is 23.3. The van der Waals surface area contributed by atoms with Crippen LogP contribution in [0.15, 0.2) is 42.5 Å². The molecule has 196 valence electrons. The van der Waals surface area contributed by atoms with Crippen molar-refractivity contribution in [2.45, 2.75) is 57.7 Å². The molecule has 0 heterocycles. The fraction of sp³-hybridized carbons (Fsp3) is 0.440. The molecule has 2 aromatic rings. The number of carbonyl (C=O) groups excluding carboxylic acids is 2. The van der Waals surface area contributed by atoms with Crippen molar-refractivity contribution in [3.05, 3.63) is 63.1 Å². The minimum absolute atomic E-state index is 0.0669. The van der Waals surface area contributed by atoms with E-state index in [9.17, 15) is 18.0 Å². The fourth-order valence-electron chi connectivity index (χ4n) is 4.26. The Morgan fingerprint density at radius 3 is 2.31 bits per heavy atom. The Morgan fingerprint density at radius 2 is 1.69 bits per heavy atom. The third-order valence-corrected chi connectivity index (χ3v) is 8.12. The van der Waals surface area contributed by atoms with Crippen LogP contribution in [0.5, 0.6) is 0 Å². The monoisotopic (exact) mass is 573 g/mol. The van der Waals surface area contributed by atoms with Crippen molar-refractivity contribution in [1.29, 1.82) is 0 Å². The number of hydrogen-bond donors (Lipinski definition) is 1. The molecular formula is C25H30Cl3N3O4S. The van der Waals surface area contributed by atoms with E-state index in [2.05, 4.69) is 5.32 Å². The third kappa shape index (κ3) is 7.75. The maximum absolute atomic E-state index is 13.6. The van der Waals surface area contributed by atoms with Crippen molar-refractivity contribution in [2.75, 3.05) is 17.1 Å². The number of halogens is 3. The van der Waals surface area contributed by atoms with Gasteiger partial charge in [0.05, 0.1) is 17.0 Å². The van der Waals surface area contributed by atoms with Gasteiger partial charge in [-0.05, 0) is 55.7 Å². The van der Waals surface area contributed by atoms with Gasteiger partial charge in [0, 0.05) is 22.6 Å². The van der Waals surface area contributed by atoms with Gasteiger partial charge in [0.1, 0.15) is 12.6 Å². The first-order chi connectivity index (χ1) is 17.0. The molecule has 2 aromatic carbocycles. The standard InChI is InChI=1S/C25H30Cl3N3O4S/c1-17(25(33)29-21-9-4-3-5-10-21)30(15-18-7-6-8-19(26)13-18)24(32)16-31(36(2,34)35)23-12-11-20(27)14-22(23)28/h6-8,11-14,17,21H,3-5,9-10,15-16H2,1-2H3,(H,29,33). The van der Waals surface area contributed by atoms with Crippen LogP contribution in [0.1, 0.15) is 44.6 Å². The Bertz CT molecular complexity index is 1200. The smallest absolute Gasteiger partial charge is 0.244 e. The van der Waals surface area contributed by atoms with Gasteiger partial charge in [-0.25, -0.2) is 8.42 Å². The first kappa shape index (κ1) is 28.6. The summed E-state index contributed by atoms with van der Waals surface area (Å²) in [6, 6.07) is 10.5. The zero-order valence-electron chi connectivity index (χ0n) is 20.2. The maximum Gasteiger partial charge on any atom is 0.244 e. The summed E-state index contributed by atoms with van der Waals surface area (Å²) in [5.74, 6) is -0.842. The summed E-state index contributed by atoms with van der Waals surface area (Å²) < 4.78 is 26.2. The van der Waals surface area contributed by atoms with Crippen molar-refractivity contribution in [3.8, 4) is 0 Å². The molecule has 7 nitrogen and oxygen atoms in total. The number of anilines is 1. The van der Waals surface area contributed by atoms with Crippen LogP contribution in [0.3, 0.4) is 0 Å². The van der Waals surface area contributed by atoms with E-state index in [-0.39, 0.29) is 29.2 Å². The summed E-state index contributed by atoms with van der Waals surface area (Å²) in [6.07, 6.45) is 6.04. The number of carbonyl (C=O) groups is 2. The molecule has 0 radical (unpaired) electrons. The topological polar surface area (TPSA) is 86.8 Å². The van der Waals surface area contributed by atoms with Gasteiger partial charge < -0.3 is 10.2 Å². The number of rotatable bonds is 9. The molecule has 0 aliphatic heterocycles. The summed E-state index contributed by atoms with van der Waals surface area (Å²) in [5, 5.41) is 3.97. The van der Waals surface area contributed by atoms with Gasteiger partial charge in [-0.3, -0.25) is 13.9 Å². The molecule has 1 aliphatic rings. The second-order valence-corrected chi connectivity index (χ2v) is 12.2. The van der Waals surface area contributed by atoms with E-state index in [0.29, 0.717) is 15.6 Å². The van der Waals surface area contributed by atoms with Crippen molar-refractivity contribution in [3.63, 3.8) is 0 Å². The molecule has 36 heavy (non-hydrogen) atoms. The molecule has 3 rings (SSSR count). The second-order valence-electron chi connectivity index (χ2n) is 9.04. The lowest BCUT2D eigenvalue weighted by molar-refractivity contribution is -0.139. The van der Waals surface area contributed by atoms with Crippen LogP contribution in [0.2, 0.25) is 15.1 Å². The van der Waals surface area contributed by atoms with Crippen molar-refractivity contribution in [2.24, 2.45) is 0 Å². The van der Waals surface area contributed by atoms with E-state index in [4.69, 9.17) is 34.8 Å². The fourth-order valence-corrected chi connectivity index (χ4v) is 5.90. The number of amides is 2. The van der Waals surface area contributed by atoms with Gasteiger partial charge in [-0.1, -0.05) is 66.2 Å². The second kappa shape index (κ2) is 12.5. The average molecular weight is 575 g/mol. The molecule has 1 aliphatic carbocycles. The summed E-state index contributed by atoms with van der Waals surface area (Å²) in [7, 11) is -3.89. The maximum atomic E-state index is 13.6. The Morgan fingerprint density at radius 1 is 1.03 bits per heavy atom.